The highest BCUT2D eigenvalue weighted by molar-refractivity contribution is 7.92. The molecule has 0 bridgehead atoms. The summed E-state index contributed by atoms with van der Waals surface area (Å²) >= 11 is 0. The second-order valence-electron chi connectivity index (χ2n) is 6.20. The Hall–Kier alpha value is -2.28. The summed E-state index contributed by atoms with van der Waals surface area (Å²) in [5.41, 5.74) is 2.81. The van der Waals surface area contributed by atoms with Gasteiger partial charge in [0.1, 0.15) is 0 Å². The van der Waals surface area contributed by atoms with Gasteiger partial charge in [-0.25, -0.2) is 8.42 Å². The van der Waals surface area contributed by atoms with Crippen LogP contribution in [0.2, 0.25) is 0 Å². The third kappa shape index (κ3) is 3.17. The van der Waals surface area contributed by atoms with Crippen molar-refractivity contribution in [3.05, 3.63) is 53.3 Å². The normalized spacial score (nSPS) is 17.5. The van der Waals surface area contributed by atoms with Crippen LogP contribution in [0.1, 0.15) is 34.6 Å². The Morgan fingerprint density at radius 2 is 2.00 bits per heavy atom. The van der Waals surface area contributed by atoms with Crippen LogP contribution in [0.5, 0.6) is 0 Å². The molecule has 1 atom stereocenters. The quantitative estimate of drug-likeness (QED) is 0.927. The average molecular weight is 347 g/mol. The Balaban J connectivity index is 1.89. The highest BCUT2D eigenvalue weighted by atomic mass is 32.2. The van der Waals surface area contributed by atoms with Crippen LogP contribution in [0.15, 0.2) is 36.5 Å². The van der Waals surface area contributed by atoms with Crippen LogP contribution in [0.4, 0.5) is 5.69 Å². The molecule has 7 heteroatoms. The van der Waals surface area contributed by atoms with E-state index < -0.39 is 10.0 Å². The lowest BCUT2D eigenvalue weighted by Gasteiger charge is -2.35. The number of hydrogen-bond donors (Lipinski definition) is 1. The van der Waals surface area contributed by atoms with Crippen LogP contribution >= 0.6 is 0 Å². The van der Waals surface area contributed by atoms with Crippen molar-refractivity contribution in [2.75, 3.05) is 17.5 Å². The van der Waals surface area contributed by atoms with Gasteiger partial charge in [0.25, 0.3) is 5.91 Å². The maximum Gasteiger partial charge on any atom is 0.254 e. The molecule has 2 heterocycles. The number of benzene rings is 1. The summed E-state index contributed by atoms with van der Waals surface area (Å²) in [6, 6.07) is 9.10. The maximum absolute atomic E-state index is 12.9. The number of amides is 1. The van der Waals surface area contributed by atoms with Crippen molar-refractivity contribution in [3.8, 4) is 0 Å². The molecular formula is C17H21N3O3S. The van der Waals surface area contributed by atoms with Crippen LogP contribution in [0, 0.1) is 6.92 Å². The number of nitrogens with zero attached hydrogens (tertiary/aromatic N) is 2. The number of hydrogen-bond acceptors (Lipinski definition) is 3. The van der Waals surface area contributed by atoms with Crippen LogP contribution in [-0.2, 0) is 16.6 Å². The fourth-order valence-corrected chi connectivity index (χ4v) is 3.71. The Kier molecular flexibility index (Phi) is 4.13. The lowest BCUT2D eigenvalue weighted by molar-refractivity contribution is 0.0644. The Morgan fingerprint density at radius 1 is 1.25 bits per heavy atom. The summed E-state index contributed by atoms with van der Waals surface area (Å²) in [7, 11) is -3.39. The minimum Gasteiger partial charge on any atom is -0.348 e. The van der Waals surface area contributed by atoms with Gasteiger partial charge in [0, 0.05) is 30.5 Å². The van der Waals surface area contributed by atoms with Gasteiger partial charge in [-0.05, 0) is 43.7 Å². The lowest BCUT2D eigenvalue weighted by Crippen LogP contribution is -2.40. The fraction of sp³-hybridized carbons (Fsp3) is 0.353. The van der Waals surface area contributed by atoms with Gasteiger partial charge in [0.2, 0.25) is 10.0 Å². The van der Waals surface area contributed by atoms with Crippen molar-refractivity contribution in [1.82, 2.24) is 9.47 Å². The van der Waals surface area contributed by atoms with Crippen LogP contribution in [0.3, 0.4) is 0 Å². The van der Waals surface area contributed by atoms with Gasteiger partial charge in [-0.15, -0.1) is 0 Å². The zero-order chi connectivity index (χ0) is 17.5. The zero-order valence-corrected chi connectivity index (χ0v) is 14.8. The van der Waals surface area contributed by atoms with E-state index in [1.54, 1.807) is 25.1 Å². The molecule has 1 aliphatic rings. The van der Waals surface area contributed by atoms with Gasteiger partial charge in [0.15, 0.2) is 0 Å². The summed E-state index contributed by atoms with van der Waals surface area (Å²) in [4.78, 5) is 14.7. The molecule has 0 spiro atoms. The lowest BCUT2D eigenvalue weighted by atomic mass is 10.1. The molecule has 1 N–H and O–H groups in total. The summed E-state index contributed by atoms with van der Waals surface area (Å²) in [5.74, 6) is -0.0912. The van der Waals surface area contributed by atoms with Gasteiger partial charge in [-0.3, -0.25) is 9.52 Å². The van der Waals surface area contributed by atoms with E-state index in [0.29, 0.717) is 17.8 Å². The summed E-state index contributed by atoms with van der Waals surface area (Å²) in [6.07, 6.45) is 3.12. The molecular weight excluding hydrogens is 326 g/mol. The van der Waals surface area contributed by atoms with E-state index in [-0.39, 0.29) is 11.9 Å². The molecule has 1 aromatic heterocycles. The molecule has 0 saturated carbocycles. The highest BCUT2D eigenvalue weighted by Crippen LogP contribution is 2.28. The van der Waals surface area contributed by atoms with E-state index in [1.807, 2.05) is 30.2 Å². The number of aryl methyl sites for hydroxylation is 1. The molecule has 24 heavy (non-hydrogen) atoms. The molecule has 0 radical (unpaired) electrons. The molecule has 1 amide bonds. The minimum atomic E-state index is -3.39. The number of fused-ring (bicyclic) bond motifs is 1. The van der Waals surface area contributed by atoms with Crippen LogP contribution in [0.25, 0.3) is 0 Å². The monoisotopic (exact) mass is 347 g/mol. The Bertz CT molecular complexity index is 886. The molecule has 1 aromatic carbocycles. The van der Waals surface area contributed by atoms with E-state index in [0.717, 1.165) is 24.1 Å². The van der Waals surface area contributed by atoms with E-state index in [1.165, 1.54) is 0 Å². The summed E-state index contributed by atoms with van der Waals surface area (Å²) < 4.78 is 27.6. The maximum atomic E-state index is 12.9. The van der Waals surface area contributed by atoms with Crippen LogP contribution in [-0.4, -0.2) is 36.6 Å². The second kappa shape index (κ2) is 5.98. The number of rotatable bonds is 3. The number of sulfonamides is 1. The molecule has 0 saturated heterocycles. The third-order valence-corrected chi connectivity index (χ3v) is 4.97. The Labute approximate surface area is 142 Å². The molecule has 2 aromatic rings. The van der Waals surface area contributed by atoms with Crippen molar-refractivity contribution in [3.63, 3.8) is 0 Å². The smallest absolute Gasteiger partial charge is 0.254 e. The van der Waals surface area contributed by atoms with Crippen molar-refractivity contribution in [1.29, 1.82) is 0 Å². The molecule has 0 fully saturated rings. The number of carbonyl (C=O) groups is 1. The van der Waals surface area contributed by atoms with Crippen molar-refractivity contribution < 1.29 is 13.2 Å². The summed E-state index contributed by atoms with van der Waals surface area (Å²) in [5, 5.41) is 0. The number of anilines is 1. The highest BCUT2D eigenvalue weighted by Gasteiger charge is 2.28. The SMILES string of the molecule is Cc1ccc(C(=O)N2CCn3cccc3[C@H]2C)cc1NS(C)(=O)=O. The van der Waals surface area contributed by atoms with Gasteiger partial charge in [0.05, 0.1) is 18.0 Å². The first kappa shape index (κ1) is 16.6. The predicted octanol–water partition coefficient (Wildman–Crippen LogP) is 2.39. The fourth-order valence-electron chi connectivity index (χ4n) is 3.09. The molecule has 128 valence electrons. The van der Waals surface area contributed by atoms with Crippen LogP contribution < -0.4 is 4.72 Å². The van der Waals surface area contributed by atoms with E-state index in [9.17, 15) is 13.2 Å². The predicted molar refractivity (Wildman–Crippen MR) is 93.5 cm³/mol. The zero-order valence-electron chi connectivity index (χ0n) is 14.0. The largest absolute Gasteiger partial charge is 0.348 e. The molecule has 3 rings (SSSR count). The topological polar surface area (TPSA) is 71.4 Å². The van der Waals surface area contributed by atoms with Gasteiger partial charge >= 0.3 is 0 Å². The Morgan fingerprint density at radius 3 is 2.71 bits per heavy atom. The van der Waals surface area contributed by atoms with Crippen molar-refractivity contribution >= 4 is 21.6 Å². The molecule has 0 aliphatic carbocycles. The number of nitrogens with one attached hydrogen (secondary N) is 1. The third-order valence-electron chi connectivity index (χ3n) is 4.38. The van der Waals surface area contributed by atoms with Gasteiger partial charge in [-0.2, -0.15) is 0 Å². The van der Waals surface area contributed by atoms with Crippen molar-refractivity contribution in [2.24, 2.45) is 0 Å². The first-order valence-electron chi connectivity index (χ1n) is 7.81. The molecule has 1 aliphatic heterocycles. The molecule has 0 unspecified atom stereocenters. The van der Waals surface area contributed by atoms with Crippen molar-refractivity contribution in [2.45, 2.75) is 26.4 Å². The van der Waals surface area contributed by atoms with E-state index in [4.69, 9.17) is 0 Å². The number of aromatic nitrogens is 1. The second-order valence-corrected chi connectivity index (χ2v) is 7.95. The van der Waals surface area contributed by atoms with E-state index in [2.05, 4.69) is 9.29 Å². The van der Waals surface area contributed by atoms with Gasteiger partial charge in [-0.1, -0.05) is 6.07 Å². The summed E-state index contributed by atoms with van der Waals surface area (Å²) in [6.45, 7) is 5.20. The number of carbonyl (C=O) groups excluding carboxylic acids is 1. The molecule has 6 nitrogen and oxygen atoms in total. The minimum absolute atomic E-state index is 0.0196. The van der Waals surface area contributed by atoms with Gasteiger partial charge < -0.3 is 9.47 Å². The average Bonchev–Trinajstić information content (AvgIpc) is 2.97. The standard InChI is InChI=1S/C17H21N3O3S/c1-12-6-7-14(11-15(12)18-24(3,22)23)17(21)20-10-9-19-8-4-5-16(19)13(20)2/h4-8,11,13,18H,9-10H2,1-3H3/t13-/m1/s1. The van der Waals surface area contributed by atoms with E-state index >= 15 is 0 Å². The first-order chi connectivity index (χ1) is 11.3. The first-order valence-corrected chi connectivity index (χ1v) is 9.70.